The molecule has 31 heavy (non-hydrogen) atoms. The van der Waals surface area contributed by atoms with Gasteiger partial charge in [0, 0.05) is 17.6 Å². The van der Waals surface area contributed by atoms with E-state index in [-0.39, 0.29) is 12.4 Å². The summed E-state index contributed by atoms with van der Waals surface area (Å²) in [4.78, 5) is 0. The molecule has 0 saturated heterocycles. The normalized spacial score (nSPS) is 28.7. The zero-order chi connectivity index (χ0) is 21.6. The van der Waals surface area contributed by atoms with Crippen LogP contribution in [0.3, 0.4) is 0 Å². The van der Waals surface area contributed by atoms with E-state index in [9.17, 15) is 4.39 Å². The third kappa shape index (κ3) is 4.34. The molecule has 0 aromatic heterocycles. The molecule has 0 heterocycles. The summed E-state index contributed by atoms with van der Waals surface area (Å²) >= 11 is 9.76. The number of hydrogen-bond donors (Lipinski definition) is 1. The zero-order valence-corrected chi connectivity index (χ0v) is 20.1. The van der Waals surface area contributed by atoms with Crippen molar-refractivity contribution in [2.45, 2.75) is 57.2 Å². The van der Waals surface area contributed by atoms with Crippen LogP contribution in [0.5, 0.6) is 11.5 Å². The maximum atomic E-state index is 14.1. The Hall–Kier alpha value is -1.30. The summed E-state index contributed by atoms with van der Waals surface area (Å²) in [5, 5.41) is 4.28. The van der Waals surface area contributed by atoms with Crippen molar-refractivity contribution >= 4 is 27.5 Å². The highest BCUT2D eigenvalue weighted by atomic mass is 79.9. The molecule has 6 heteroatoms. The first kappa shape index (κ1) is 21.5. The number of benzene rings is 2. The number of nitrogens with one attached hydrogen (secondary N) is 1. The Morgan fingerprint density at radius 3 is 2.42 bits per heavy atom. The van der Waals surface area contributed by atoms with E-state index in [1.807, 2.05) is 6.07 Å². The number of ether oxygens (including phenoxy) is 2. The van der Waals surface area contributed by atoms with Crippen molar-refractivity contribution in [3.63, 3.8) is 0 Å². The van der Waals surface area contributed by atoms with Crippen LogP contribution in [0.1, 0.15) is 49.7 Å². The minimum atomic E-state index is -0.376. The molecule has 4 aliphatic carbocycles. The predicted molar refractivity (Wildman–Crippen MR) is 124 cm³/mol. The van der Waals surface area contributed by atoms with Gasteiger partial charge in [-0.2, -0.15) is 0 Å². The molecule has 4 aliphatic rings. The van der Waals surface area contributed by atoms with Gasteiger partial charge in [0.2, 0.25) is 0 Å². The van der Waals surface area contributed by atoms with Crippen LogP contribution in [-0.4, -0.2) is 12.6 Å². The summed E-state index contributed by atoms with van der Waals surface area (Å²) in [6.07, 6.45) is 8.29. The van der Waals surface area contributed by atoms with Gasteiger partial charge in [0.05, 0.1) is 16.6 Å². The highest BCUT2D eigenvalue weighted by Crippen LogP contribution is 2.55. The van der Waals surface area contributed by atoms with Crippen LogP contribution >= 0.6 is 27.5 Å². The fraction of sp³-hybridized carbons (Fsp3) is 0.520. The molecule has 166 valence electrons. The molecule has 4 saturated carbocycles. The van der Waals surface area contributed by atoms with Crippen LogP contribution in [0.25, 0.3) is 0 Å². The second-order valence-electron chi connectivity index (χ2n) is 9.65. The minimum Gasteiger partial charge on any atom is -0.493 e. The minimum absolute atomic E-state index is 0.0331. The Labute approximate surface area is 196 Å². The van der Waals surface area contributed by atoms with E-state index in [0.29, 0.717) is 27.6 Å². The van der Waals surface area contributed by atoms with Gasteiger partial charge in [-0.3, -0.25) is 0 Å². The summed E-state index contributed by atoms with van der Waals surface area (Å²) in [7, 11) is 1.63. The quantitative estimate of drug-likeness (QED) is 0.442. The Morgan fingerprint density at radius 1 is 1.13 bits per heavy atom. The molecule has 3 nitrogen and oxygen atoms in total. The van der Waals surface area contributed by atoms with Crippen LogP contribution in [0.2, 0.25) is 5.02 Å². The monoisotopic (exact) mass is 507 g/mol. The fourth-order valence-corrected chi connectivity index (χ4v) is 7.27. The van der Waals surface area contributed by atoms with Gasteiger partial charge in [0.15, 0.2) is 11.5 Å². The summed E-state index contributed by atoms with van der Waals surface area (Å²) in [6, 6.07) is 8.71. The van der Waals surface area contributed by atoms with Gasteiger partial charge in [0.25, 0.3) is 0 Å². The third-order valence-corrected chi connectivity index (χ3v) is 8.36. The van der Waals surface area contributed by atoms with Crippen molar-refractivity contribution in [2.24, 2.45) is 17.8 Å². The standard InChI is InChI=1S/C25H28BrClFNO2/c1-30-23-9-18(13-29-25-10-15-5-16(11-25)7-17(6-15)12-25)8-20(26)24(23)31-14-19-21(27)3-2-4-22(19)28/h2-4,8-9,15-17,29H,5-7,10-14H2,1H3. The van der Waals surface area contributed by atoms with E-state index in [1.165, 1.54) is 44.6 Å². The number of methoxy groups -OCH3 is 1. The van der Waals surface area contributed by atoms with E-state index >= 15 is 0 Å². The van der Waals surface area contributed by atoms with Crippen molar-refractivity contribution in [3.8, 4) is 11.5 Å². The van der Waals surface area contributed by atoms with Crippen molar-refractivity contribution < 1.29 is 13.9 Å². The van der Waals surface area contributed by atoms with Crippen LogP contribution < -0.4 is 14.8 Å². The molecule has 2 aromatic carbocycles. The molecule has 6 rings (SSSR count). The van der Waals surface area contributed by atoms with E-state index in [1.54, 1.807) is 19.2 Å². The average Bonchev–Trinajstić information content (AvgIpc) is 2.72. The lowest BCUT2D eigenvalue weighted by Crippen LogP contribution is -2.58. The van der Waals surface area contributed by atoms with Gasteiger partial charge in [-0.05, 0) is 102 Å². The summed E-state index contributed by atoms with van der Waals surface area (Å²) < 4.78 is 26.4. The molecule has 0 radical (unpaired) electrons. The first-order valence-electron chi connectivity index (χ1n) is 11.1. The third-order valence-electron chi connectivity index (χ3n) is 7.42. The molecule has 4 fully saturated rings. The fourth-order valence-electron chi connectivity index (χ4n) is 6.45. The summed E-state index contributed by atoms with van der Waals surface area (Å²) in [5.41, 5.74) is 1.80. The average molecular weight is 509 g/mol. The highest BCUT2D eigenvalue weighted by molar-refractivity contribution is 9.10. The van der Waals surface area contributed by atoms with E-state index in [0.717, 1.165) is 34.3 Å². The van der Waals surface area contributed by atoms with Gasteiger partial charge < -0.3 is 14.8 Å². The Morgan fingerprint density at radius 2 is 1.81 bits per heavy atom. The van der Waals surface area contributed by atoms with Gasteiger partial charge in [-0.25, -0.2) is 4.39 Å². The van der Waals surface area contributed by atoms with Gasteiger partial charge in [0.1, 0.15) is 12.4 Å². The smallest absolute Gasteiger partial charge is 0.175 e. The zero-order valence-electron chi connectivity index (χ0n) is 17.7. The Balaban J connectivity index is 1.29. The Bertz CT molecular complexity index is 927. The molecule has 4 bridgehead atoms. The SMILES string of the molecule is COc1cc(CNC23CC4CC(CC(C4)C2)C3)cc(Br)c1OCc1c(F)cccc1Cl. The van der Waals surface area contributed by atoms with Crippen molar-refractivity contribution in [3.05, 3.63) is 56.8 Å². The number of halogens is 3. The van der Waals surface area contributed by atoms with Crippen molar-refractivity contribution in [2.75, 3.05) is 7.11 Å². The number of rotatable bonds is 7. The van der Waals surface area contributed by atoms with Crippen molar-refractivity contribution in [1.82, 2.24) is 5.32 Å². The maximum Gasteiger partial charge on any atom is 0.175 e. The topological polar surface area (TPSA) is 30.5 Å². The van der Waals surface area contributed by atoms with Gasteiger partial charge in [-0.1, -0.05) is 17.7 Å². The first-order valence-corrected chi connectivity index (χ1v) is 12.3. The van der Waals surface area contributed by atoms with Gasteiger partial charge in [-0.15, -0.1) is 0 Å². The number of hydrogen-bond acceptors (Lipinski definition) is 3. The predicted octanol–water partition coefficient (Wildman–Crippen LogP) is 6.89. The molecule has 0 aliphatic heterocycles. The van der Waals surface area contributed by atoms with Crippen LogP contribution in [0.4, 0.5) is 4.39 Å². The van der Waals surface area contributed by atoms with Gasteiger partial charge >= 0.3 is 0 Å². The lowest BCUT2D eigenvalue weighted by atomic mass is 9.53. The molecule has 2 aromatic rings. The summed E-state index contributed by atoms with van der Waals surface area (Å²) in [6.45, 7) is 0.839. The van der Waals surface area contributed by atoms with E-state index in [2.05, 4.69) is 27.3 Å². The lowest BCUT2D eigenvalue weighted by molar-refractivity contribution is -0.0206. The lowest BCUT2D eigenvalue weighted by Gasteiger charge is -2.57. The molecular formula is C25H28BrClFNO2. The van der Waals surface area contributed by atoms with Crippen LogP contribution in [0.15, 0.2) is 34.8 Å². The second-order valence-corrected chi connectivity index (χ2v) is 10.9. The van der Waals surface area contributed by atoms with Crippen molar-refractivity contribution in [1.29, 1.82) is 0 Å². The van der Waals surface area contributed by atoms with E-state index < -0.39 is 0 Å². The molecule has 0 spiro atoms. The molecule has 0 amide bonds. The van der Waals surface area contributed by atoms with Crippen LogP contribution in [-0.2, 0) is 13.2 Å². The highest BCUT2D eigenvalue weighted by Gasteiger charge is 2.50. The Kier molecular flexibility index (Phi) is 5.95. The molecular weight excluding hydrogens is 481 g/mol. The second kappa shape index (κ2) is 8.57. The maximum absolute atomic E-state index is 14.1. The molecule has 0 unspecified atom stereocenters. The molecule has 1 N–H and O–H groups in total. The largest absolute Gasteiger partial charge is 0.493 e. The first-order chi connectivity index (χ1) is 14.9. The molecule has 0 atom stereocenters. The van der Waals surface area contributed by atoms with Crippen LogP contribution in [0, 0.1) is 23.6 Å². The summed E-state index contributed by atoms with van der Waals surface area (Å²) in [5.74, 6) is 3.56. The van der Waals surface area contributed by atoms with E-state index in [4.69, 9.17) is 21.1 Å².